The lowest BCUT2D eigenvalue weighted by Crippen LogP contribution is -2.54. The van der Waals surface area contributed by atoms with Gasteiger partial charge in [-0.25, -0.2) is 0 Å². The summed E-state index contributed by atoms with van der Waals surface area (Å²) in [5, 5.41) is 17.5. The lowest BCUT2D eigenvalue weighted by atomic mass is 9.55. The molecule has 0 bridgehead atoms. The van der Waals surface area contributed by atoms with Crippen LogP contribution in [0, 0.1) is 11.3 Å². The molecule has 0 radical (unpaired) electrons. The molecule has 33 heavy (non-hydrogen) atoms. The van der Waals surface area contributed by atoms with E-state index < -0.39 is 29.7 Å². The Morgan fingerprint density at radius 2 is 1.85 bits per heavy atom. The van der Waals surface area contributed by atoms with E-state index in [4.69, 9.17) is 0 Å². The average Bonchev–Trinajstić information content (AvgIpc) is 3.03. The minimum Gasteiger partial charge on any atom is -0.317 e. The van der Waals surface area contributed by atoms with E-state index in [1.165, 1.54) is 31.7 Å². The summed E-state index contributed by atoms with van der Waals surface area (Å²) >= 11 is 0. The molecule has 2 heterocycles. The summed E-state index contributed by atoms with van der Waals surface area (Å²) in [4.78, 5) is 50.9. The highest BCUT2D eigenvalue weighted by atomic mass is 16.5. The van der Waals surface area contributed by atoms with Gasteiger partial charge in [-0.1, -0.05) is 6.07 Å². The van der Waals surface area contributed by atoms with E-state index in [0.717, 1.165) is 22.8 Å². The Morgan fingerprint density at radius 1 is 1.12 bits per heavy atom. The number of hydrogen-bond donors (Lipinski definition) is 3. The molecule has 1 saturated heterocycles. The first-order valence-electron chi connectivity index (χ1n) is 11.8. The van der Waals surface area contributed by atoms with E-state index >= 15 is 0 Å². The van der Waals surface area contributed by atoms with Crippen LogP contribution < -0.4 is 15.7 Å². The van der Waals surface area contributed by atoms with E-state index in [2.05, 4.69) is 10.6 Å². The van der Waals surface area contributed by atoms with Gasteiger partial charge in [0.1, 0.15) is 6.04 Å². The van der Waals surface area contributed by atoms with Gasteiger partial charge in [0.15, 0.2) is 0 Å². The Hall–Kier alpha value is -2.78. The number of carbonyl (C=O) groups excluding carboxylic acids is 4. The fraction of sp³-hybridized carbons (Fsp3) is 0.583. The number of nitrogens with one attached hydrogen (secondary N) is 2. The van der Waals surface area contributed by atoms with Crippen LogP contribution in [0.4, 0.5) is 5.69 Å². The average molecular weight is 455 g/mol. The van der Waals surface area contributed by atoms with Crippen molar-refractivity contribution < 1.29 is 24.4 Å². The van der Waals surface area contributed by atoms with Crippen molar-refractivity contribution >= 4 is 29.3 Å². The molecule has 3 fully saturated rings. The van der Waals surface area contributed by atoms with Gasteiger partial charge in [0.25, 0.3) is 11.8 Å². The lowest BCUT2D eigenvalue weighted by Gasteiger charge is -2.52. The van der Waals surface area contributed by atoms with Crippen LogP contribution in [0.3, 0.4) is 0 Å². The number of fused-ring (bicyclic) bond motifs is 1. The highest BCUT2D eigenvalue weighted by Crippen LogP contribution is 2.55. The lowest BCUT2D eigenvalue weighted by molar-refractivity contribution is -0.136. The number of hydroxylamine groups is 1. The smallest absolute Gasteiger partial charge is 0.264 e. The Bertz CT molecular complexity index is 1010. The van der Waals surface area contributed by atoms with E-state index in [9.17, 15) is 24.4 Å². The quantitative estimate of drug-likeness (QED) is 0.459. The van der Waals surface area contributed by atoms with Crippen LogP contribution in [0.5, 0.6) is 0 Å². The Labute approximate surface area is 192 Å². The molecule has 1 unspecified atom stereocenters. The number of nitrogens with zero attached hydrogens (tertiary/aromatic N) is 2. The van der Waals surface area contributed by atoms with Crippen LogP contribution in [0.2, 0.25) is 0 Å². The third-order valence-corrected chi connectivity index (χ3v) is 8.05. The number of hydrogen-bond acceptors (Lipinski definition) is 7. The number of piperidine rings is 1. The zero-order valence-corrected chi connectivity index (χ0v) is 18.8. The minimum absolute atomic E-state index is 0.0707. The minimum atomic E-state index is -1.02. The summed E-state index contributed by atoms with van der Waals surface area (Å²) in [6.45, 7) is 0.396. The molecule has 4 amide bonds. The Balaban J connectivity index is 1.28. The second-order valence-corrected chi connectivity index (χ2v) is 10.1. The van der Waals surface area contributed by atoms with E-state index in [-0.39, 0.29) is 24.0 Å². The summed E-state index contributed by atoms with van der Waals surface area (Å²) in [5.41, 5.74) is 0.974. The van der Waals surface area contributed by atoms with Gasteiger partial charge in [0, 0.05) is 19.0 Å². The molecule has 5 rings (SSSR count). The number of anilines is 1. The number of benzene rings is 1. The van der Waals surface area contributed by atoms with E-state index in [1.54, 1.807) is 12.1 Å². The maximum absolute atomic E-state index is 13.2. The molecule has 1 spiro atoms. The SMILES string of the molecule is CNC1CCC2(CC1)CC(CN(O)c1cccc3c1C(=O)N(C1CCC(=O)NC1=O)C3=O)C2. The zero-order chi connectivity index (χ0) is 23.3. The first-order valence-corrected chi connectivity index (χ1v) is 11.8. The van der Waals surface area contributed by atoms with Crippen LogP contribution >= 0.6 is 0 Å². The van der Waals surface area contributed by atoms with Crippen molar-refractivity contribution in [3.05, 3.63) is 29.3 Å². The number of imide groups is 2. The first kappa shape index (κ1) is 22.0. The third kappa shape index (κ3) is 3.73. The predicted octanol–water partition coefficient (Wildman–Crippen LogP) is 1.84. The number of amides is 4. The molecular weight excluding hydrogens is 424 g/mol. The van der Waals surface area contributed by atoms with Gasteiger partial charge in [-0.2, -0.15) is 0 Å². The summed E-state index contributed by atoms with van der Waals surface area (Å²) in [6.07, 6.45) is 7.07. The van der Waals surface area contributed by atoms with Crippen LogP contribution in [-0.2, 0) is 9.59 Å². The summed E-state index contributed by atoms with van der Waals surface area (Å²) in [5.74, 6) is -1.89. The third-order valence-electron chi connectivity index (χ3n) is 8.05. The molecule has 1 atom stereocenters. The largest absolute Gasteiger partial charge is 0.317 e. The normalized spacial score (nSPS) is 31.5. The van der Waals surface area contributed by atoms with Gasteiger partial charge in [-0.3, -0.25) is 39.7 Å². The molecule has 1 aromatic carbocycles. The molecule has 9 nitrogen and oxygen atoms in total. The second-order valence-electron chi connectivity index (χ2n) is 10.1. The number of carbonyl (C=O) groups is 4. The van der Waals surface area contributed by atoms with Gasteiger partial charge in [0.05, 0.1) is 16.8 Å². The van der Waals surface area contributed by atoms with Crippen molar-refractivity contribution in [3.63, 3.8) is 0 Å². The molecule has 2 aliphatic heterocycles. The summed E-state index contributed by atoms with van der Waals surface area (Å²) in [6, 6.07) is 4.39. The topological polar surface area (TPSA) is 119 Å². The predicted molar refractivity (Wildman–Crippen MR) is 119 cm³/mol. The first-order chi connectivity index (χ1) is 15.8. The van der Waals surface area contributed by atoms with Gasteiger partial charge in [-0.15, -0.1) is 0 Å². The molecule has 4 aliphatic rings. The van der Waals surface area contributed by atoms with Crippen LogP contribution in [-0.4, -0.2) is 59.4 Å². The highest BCUT2D eigenvalue weighted by Gasteiger charge is 2.48. The zero-order valence-electron chi connectivity index (χ0n) is 18.8. The van der Waals surface area contributed by atoms with Crippen molar-refractivity contribution in [1.82, 2.24) is 15.5 Å². The van der Waals surface area contributed by atoms with Crippen molar-refractivity contribution in [2.45, 2.75) is 63.5 Å². The molecule has 1 aromatic rings. The van der Waals surface area contributed by atoms with Crippen molar-refractivity contribution in [3.8, 4) is 0 Å². The highest BCUT2D eigenvalue weighted by molar-refractivity contribution is 6.25. The van der Waals surface area contributed by atoms with Crippen LogP contribution in [0.25, 0.3) is 0 Å². The van der Waals surface area contributed by atoms with E-state index in [1.807, 2.05) is 7.05 Å². The van der Waals surface area contributed by atoms with Gasteiger partial charge in [0.2, 0.25) is 11.8 Å². The summed E-state index contributed by atoms with van der Waals surface area (Å²) < 4.78 is 0. The van der Waals surface area contributed by atoms with E-state index in [0.29, 0.717) is 29.6 Å². The van der Waals surface area contributed by atoms with Crippen LogP contribution in [0.1, 0.15) is 72.1 Å². The van der Waals surface area contributed by atoms with Crippen LogP contribution in [0.15, 0.2) is 18.2 Å². The van der Waals surface area contributed by atoms with Crippen molar-refractivity contribution in [2.24, 2.45) is 11.3 Å². The second kappa shape index (κ2) is 8.22. The molecule has 3 N–H and O–H groups in total. The standard InChI is InChI=1S/C24H30N4O5/c1-25-15-7-9-24(10-8-15)11-14(12-24)13-27(33)17-4-2-3-16-20(17)23(32)28(22(16)31)18-5-6-19(29)26-21(18)30/h2-4,14-15,18,25,33H,5-13H2,1H3,(H,26,29,30). The summed E-state index contributed by atoms with van der Waals surface area (Å²) in [7, 11) is 2.02. The van der Waals surface area contributed by atoms with Crippen molar-refractivity contribution in [1.29, 1.82) is 0 Å². The maximum Gasteiger partial charge on any atom is 0.264 e. The molecule has 176 valence electrons. The molecular formula is C24H30N4O5. The van der Waals surface area contributed by atoms with Gasteiger partial charge < -0.3 is 5.32 Å². The molecule has 2 aliphatic carbocycles. The Morgan fingerprint density at radius 3 is 2.52 bits per heavy atom. The van der Waals surface area contributed by atoms with Gasteiger partial charge >= 0.3 is 0 Å². The van der Waals surface area contributed by atoms with Crippen molar-refractivity contribution in [2.75, 3.05) is 18.7 Å². The molecule has 9 heteroatoms. The Kier molecular flexibility index (Phi) is 5.49. The monoisotopic (exact) mass is 454 g/mol. The fourth-order valence-electron chi connectivity index (χ4n) is 6.28. The fourth-order valence-corrected chi connectivity index (χ4v) is 6.28. The van der Waals surface area contributed by atoms with Gasteiger partial charge in [-0.05, 0) is 75.5 Å². The maximum atomic E-state index is 13.2. The molecule has 0 aromatic heterocycles. The molecule has 2 saturated carbocycles. The number of rotatable bonds is 5.